The fourth-order valence-electron chi connectivity index (χ4n) is 9.44. The summed E-state index contributed by atoms with van der Waals surface area (Å²) in [6, 6.07) is 2.70. The van der Waals surface area contributed by atoms with Crippen LogP contribution in [0.15, 0.2) is 56.3 Å². The third kappa shape index (κ3) is 5.67. The maximum absolute atomic E-state index is 12.8. The Bertz CT molecular complexity index is 1800. The van der Waals surface area contributed by atoms with E-state index in [2.05, 4.69) is 26.8 Å². The zero-order valence-electron chi connectivity index (χ0n) is 28.9. The van der Waals surface area contributed by atoms with Gasteiger partial charge in [-0.15, -0.1) is 0 Å². The van der Waals surface area contributed by atoms with Gasteiger partial charge in [-0.25, -0.2) is 0 Å². The van der Waals surface area contributed by atoms with E-state index in [0.717, 1.165) is 31.3 Å². The molecule has 8 nitrogen and oxygen atoms in total. The molecule has 1 heterocycles. The van der Waals surface area contributed by atoms with E-state index in [1.54, 1.807) is 13.8 Å². The second-order valence-electron chi connectivity index (χ2n) is 14.9. The first-order chi connectivity index (χ1) is 21.9. The zero-order chi connectivity index (χ0) is 34.6. The number of ether oxygens (including phenoxy) is 1. The van der Waals surface area contributed by atoms with E-state index in [4.69, 9.17) is 9.15 Å². The molecule has 2 saturated carbocycles. The van der Waals surface area contributed by atoms with Crippen LogP contribution in [0.3, 0.4) is 0 Å². The predicted molar refractivity (Wildman–Crippen MR) is 180 cm³/mol. The summed E-state index contributed by atoms with van der Waals surface area (Å²) in [4.78, 5) is 48.7. The lowest BCUT2D eigenvalue weighted by Gasteiger charge is -2.58. The average molecular weight is 645 g/mol. The van der Waals surface area contributed by atoms with Gasteiger partial charge in [0, 0.05) is 36.5 Å². The van der Waals surface area contributed by atoms with Crippen LogP contribution in [0.4, 0.5) is 0 Å². The Morgan fingerprint density at radius 2 is 1.68 bits per heavy atom. The highest BCUT2D eigenvalue weighted by Gasteiger charge is 2.67. The van der Waals surface area contributed by atoms with Crippen molar-refractivity contribution in [1.29, 1.82) is 0 Å². The van der Waals surface area contributed by atoms with Crippen molar-refractivity contribution in [2.45, 2.75) is 106 Å². The Balaban J connectivity index is 0.000000199. The average Bonchev–Trinajstić information content (AvgIpc) is 3.26. The van der Waals surface area contributed by atoms with Gasteiger partial charge in [0.25, 0.3) is 0 Å². The number of Topliss-reactive ketones (excluding diaryl/α,β-unsaturated/α-hetero) is 1. The number of esters is 1. The van der Waals surface area contributed by atoms with Gasteiger partial charge in [0.15, 0.2) is 22.6 Å². The van der Waals surface area contributed by atoms with Crippen molar-refractivity contribution in [3.8, 4) is 11.5 Å². The topological polar surface area (TPSA) is 131 Å². The van der Waals surface area contributed by atoms with Gasteiger partial charge in [-0.2, -0.15) is 0 Å². The second kappa shape index (κ2) is 12.3. The highest BCUT2D eigenvalue weighted by molar-refractivity contribution is 5.93. The van der Waals surface area contributed by atoms with Crippen LogP contribution in [0.5, 0.6) is 11.5 Å². The molecule has 2 fully saturated rings. The van der Waals surface area contributed by atoms with Crippen molar-refractivity contribution in [1.82, 2.24) is 0 Å². The highest BCUT2D eigenvalue weighted by atomic mass is 16.6. The number of rotatable bonds is 4. The Hall–Kier alpha value is -3.94. The predicted octanol–water partition coefficient (Wildman–Crippen LogP) is 7.60. The van der Waals surface area contributed by atoms with Crippen molar-refractivity contribution in [2.75, 3.05) is 0 Å². The van der Waals surface area contributed by atoms with E-state index in [9.17, 15) is 29.4 Å². The number of carbonyl (C=O) groups is 3. The molecule has 6 atom stereocenters. The number of fused-ring (bicyclic) bond motifs is 6. The maximum atomic E-state index is 12.8. The molecular weight excluding hydrogens is 596 g/mol. The summed E-state index contributed by atoms with van der Waals surface area (Å²) < 4.78 is 11.2. The number of carbonyl (C=O) groups excluding carboxylic acids is 3. The molecule has 252 valence electrons. The summed E-state index contributed by atoms with van der Waals surface area (Å²) in [6.45, 7) is 15.1. The first-order valence-corrected chi connectivity index (χ1v) is 16.7. The number of aryl methyl sites for hydroxylation is 1. The van der Waals surface area contributed by atoms with Gasteiger partial charge in [0.05, 0.1) is 0 Å². The molecular formula is C39H48O8. The summed E-state index contributed by atoms with van der Waals surface area (Å²) in [5.41, 5.74) is 2.44. The molecule has 4 aliphatic rings. The van der Waals surface area contributed by atoms with Crippen LogP contribution in [0.1, 0.15) is 98.3 Å². The minimum absolute atomic E-state index is 0.0160. The lowest BCUT2D eigenvalue weighted by atomic mass is 9.47. The second-order valence-corrected chi connectivity index (χ2v) is 14.9. The van der Waals surface area contributed by atoms with E-state index < -0.39 is 5.60 Å². The number of ketones is 2. The van der Waals surface area contributed by atoms with Crippen LogP contribution in [0, 0.1) is 35.5 Å². The molecule has 2 N–H and O–H groups in total. The van der Waals surface area contributed by atoms with Crippen molar-refractivity contribution in [3.63, 3.8) is 0 Å². The van der Waals surface area contributed by atoms with Gasteiger partial charge < -0.3 is 19.4 Å². The minimum atomic E-state index is -0.990. The molecule has 2 aromatic rings. The molecule has 0 aliphatic heterocycles. The standard InChI is InChI=1S/C24H32O4.C15H16O4/c1-14-12-18-19(22(4)9-6-17(27)13-21(14)22)7-10-23(5)20(18)8-11-24(23,15(2)25)28-16(3)26;1-8(2)4-5-10-11(16)7-13-14(15(10)18)12(17)6-9(3)19-13/h12-13,18-20H,6-11H2,1-5H3;4,6-7,16,18H,5H2,1-3H3. The Labute approximate surface area is 276 Å². The Morgan fingerprint density at radius 3 is 2.32 bits per heavy atom. The van der Waals surface area contributed by atoms with Gasteiger partial charge in [-0.05, 0) is 108 Å². The number of aromatic hydroxyl groups is 2. The third-order valence-corrected chi connectivity index (χ3v) is 11.7. The fourth-order valence-corrected chi connectivity index (χ4v) is 9.44. The number of phenols is 2. The van der Waals surface area contributed by atoms with Crippen molar-refractivity contribution < 1.29 is 33.8 Å². The largest absolute Gasteiger partial charge is 0.507 e. The summed E-state index contributed by atoms with van der Waals surface area (Å²) in [5.74, 6) is 1.19. The van der Waals surface area contributed by atoms with Gasteiger partial charge in [0.1, 0.15) is 28.2 Å². The van der Waals surface area contributed by atoms with Gasteiger partial charge >= 0.3 is 5.97 Å². The van der Waals surface area contributed by atoms with E-state index in [0.29, 0.717) is 48.3 Å². The molecule has 6 rings (SSSR count). The molecule has 1 aromatic heterocycles. The number of hydrogen-bond donors (Lipinski definition) is 2. The van der Waals surface area contributed by atoms with Gasteiger partial charge in [0.2, 0.25) is 0 Å². The molecule has 4 aliphatic carbocycles. The lowest BCUT2D eigenvalue weighted by Crippen LogP contribution is -2.58. The zero-order valence-corrected chi connectivity index (χ0v) is 28.9. The quantitative estimate of drug-likeness (QED) is 0.257. The van der Waals surface area contributed by atoms with Crippen LogP contribution >= 0.6 is 0 Å². The fraction of sp³-hybridized carbons (Fsp3) is 0.538. The van der Waals surface area contributed by atoms with Crippen LogP contribution < -0.4 is 5.43 Å². The van der Waals surface area contributed by atoms with E-state index >= 15 is 0 Å². The van der Waals surface area contributed by atoms with Crippen LogP contribution in [-0.4, -0.2) is 33.3 Å². The monoisotopic (exact) mass is 644 g/mol. The molecule has 47 heavy (non-hydrogen) atoms. The molecule has 0 amide bonds. The minimum Gasteiger partial charge on any atom is -0.507 e. The van der Waals surface area contributed by atoms with Crippen molar-refractivity contribution >= 4 is 28.5 Å². The Kier molecular flexibility index (Phi) is 8.97. The van der Waals surface area contributed by atoms with Gasteiger partial charge in [-0.1, -0.05) is 37.1 Å². The number of allylic oxidation sites excluding steroid dienone is 6. The third-order valence-electron chi connectivity index (χ3n) is 11.7. The molecule has 0 bridgehead atoms. The molecule has 0 spiro atoms. The van der Waals surface area contributed by atoms with Crippen LogP contribution in [0.2, 0.25) is 0 Å². The van der Waals surface area contributed by atoms with Crippen molar-refractivity contribution in [3.05, 3.63) is 68.6 Å². The Morgan fingerprint density at radius 1 is 1.00 bits per heavy atom. The normalized spacial score (nSPS) is 30.9. The van der Waals surface area contributed by atoms with E-state index in [-0.39, 0.29) is 56.3 Å². The smallest absolute Gasteiger partial charge is 0.303 e. The van der Waals surface area contributed by atoms with E-state index in [1.165, 1.54) is 30.2 Å². The van der Waals surface area contributed by atoms with Crippen molar-refractivity contribution in [2.24, 2.45) is 28.6 Å². The number of hydrogen-bond acceptors (Lipinski definition) is 8. The first kappa shape index (κ1) is 34.4. The SMILES string of the molecule is CC(=O)OC1(C(C)=O)CCC2C3C=C(C)C4=CC(=O)CCC4(C)C3CCC21C.CC(C)=CCc1c(O)cc2oc(C)cc(=O)c2c1O. The molecule has 0 radical (unpaired) electrons. The lowest BCUT2D eigenvalue weighted by molar-refractivity contribution is -0.185. The molecule has 8 heteroatoms. The first-order valence-electron chi connectivity index (χ1n) is 16.7. The summed E-state index contributed by atoms with van der Waals surface area (Å²) in [5, 5.41) is 20.2. The molecule has 1 aromatic carbocycles. The summed E-state index contributed by atoms with van der Waals surface area (Å²) >= 11 is 0. The summed E-state index contributed by atoms with van der Waals surface area (Å²) in [6.07, 6.45) is 11.4. The maximum Gasteiger partial charge on any atom is 0.303 e. The molecule has 6 unspecified atom stereocenters. The van der Waals surface area contributed by atoms with Crippen LogP contribution in [-0.2, 0) is 25.5 Å². The van der Waals surface area contributed by atoms with E-state index in [1.807, 2.05) is 26.0 Å². The molecule has 0 saturated heterocycles. The number of phenolic OH excluding ortho intramolecular Hbond substituents is 2. The van der Waals surface area contributed by atoms with Crippen LogP contribution in [0.25, 0.3) is 11.0 Å². The summed E-state index contributed by atoms with van der Waals surface area (Å²) in [7, 11) is 0. The number of benzene rings is 1. The highest BCUT2D eigenvalue weighted by Crippen LogP contribution is 2.67. The van der Waals surface area contributed by atoms with Gasteiger partial charge in [-0.3, -0.25) is 19.2 Å².